The van der Waals surface area contributed by atoms with Gasteiger partial charge in [0.1, 0.15) is 11.5 Å². The molecule has 0 spiro atoms. The summed E-state index contributed by atoms with van der Waals surface area (Å²) >= 11 is 0. The van der Waals surface area contributed by atoms with Gasteiger partial charge in [-0.3, -0.25) is 4.79 Å². The lowest BCUT2D eigenvalue weighted by Crippen LogP contribution is -2.36. The second-order valence-corrected chi connectivity index (χ2v) is 7.22. The quantitative estimate of drug-likeness (QED) is 0.560. The monoisotopic (exact) mass is 442 g/mol. The van der Waals surface area contributed by atoms with Crippen molar-refractivity contribution in [3.05, 3.63) is 83.9 Å². The van der Waals surface area contributed by atoms with Gasteiger partial charge in [0.15, 0.2) is 0 Å². The van der Waals surface area contributed by atoms with E-state index in [0.29, 0.717) is 43.5 Å². The Balaban J connectivity index is 1.50. The zero-order valence-corrected chi connectivity index (χ0v) is 17.1. The average Bonchev–Trinajstić information content (AvgIpc) is 2.80. The number of nitrogens with one attached hydrogen (secondary N) is 1. The van der Waals surface area contributed by atoms with Crippen LogP contribution in [0.1, 0.15) is 15.9 Å². The van der Waals surface area contributed by atoms with Gasteiger partial charge in [-0.15, -0.1) is 0 Å². The highest BCUT2D eigenvalue weighted by Crippen LogP contribution is 2.37. The molecule has 0 radical (unpaired) electrons. The van der Waals surface area contributed by atoms with E-state index in [9.17, 15) is 18.0 Å². The number of halogens is 3. The van der Waals surface area contributed by atoms with E-state index in [0.717, 1.165) is 6.07 Å². The lowest BCUT2D eigenvalue weighted by molar-refractivity contribution is -0.136. The molecular formula is C24H21F3N2O3. The molecule has 1 saturated heterocycles. The number of amides is 1. The number of carbonyl (C=O) groups is 1. The summed E-state index contributed by atoms with van der Waals surface area (Å²) in [6.07, 6.45) is -4.61. The summed E-state index contributed by atoms with van der Waals surface area (Å²) < 4.78 is 52.0. The molecule has 0 aliphatic carbocycles. The van der Waals surface area contributed by atoms with Crippen LogP contribution < -0.4 is 15.0 Å². The summed E-state index contributed by atoms with van der Waals surface area (Å²) in [5.74, 6) is 0.513. The molecule has 1 amide bonds. The number of rotatable bonds is 5. The zero-order chi connectivity index (χ0) is 22.6. The van der Waals surface area contributed by atoms with Gasteiger partial charge in [-0.25, -0.2) is 0 Å². The Hall–Kier alpha value is -3.52. The number of hydrogen-bond acceptors (Lipinski definition) is 4. The van der Waals surface area contributed by atoms with Crippen LogP contribution in [0, 0.1) is 0 Å². The van der Waals surface area contributed by atoms with Gasteiger partial charge in [-0.1, -0.05) is 18.2 Å². The van der Waals surface area contributed by atoms with Crippen molar-refractivity contribution in [2.24, 2.45) is 0 Å². The summed E-state index contributed by atoms with van der Waals surface area (Å²) in [6, 6.07) is 19.2. The van der Waals surface area contributed by atoms with E-state index in [1.165, 1.54) is 18.2 Å². The van der Waals surface area contributed by atoms with E-state index in [-0.39, 0.29) is 11.3 Å². The molecule has 0 bridgehead atoms. The molecule has 0 atom stereocenters. The van der Waals surface area contributed by atoms with E-state index >= 15 is 0 Å². The topological polar surface area (TPSA) is 50.8 Å². The maximum absolute atomic E-state index is 13.7. The molecule has 166 valence electrons. The lowest BCUT2D eigenvalue weighted by Gasteiger charge is -2.29. The molecule has 1 aliphatic rings. The minimum atomic E-state index is -4.61. The molecule has 3 aromatic rings. The minimum absolute atomic E-state index is 0.218. The third-order valence-electron chi connectivity index (χ3n) is 5.03. The molecule has 5 nitrogen and oxygen atoms in total. The fourth-order valence-electron chi connectivity index (χ4n) is 3.39. The summed E-state index contributed by atoms with van der Waals surface area (Å²) in [5.41, 5.74) is -0.514. The van der Waals surface area contributed by atoms with Crippen molar-refractivity contribution in [3.63, 3.8) is 0 Å². The van der Waals surface area contributed by atoms with Crippen molar-refractivity contribution in [1.29, 1.82) is 0 Å². The number of carbonyl (C=O) groups excluding carboxylic acids is 1. The average molecular weight is 442 g/mol. The second-order valence-electron chi connectivity index (χ2n) is 7.22. The van der Waals surface area contributed by atoms with E-state index in [4.69, 9.17) is 9.47 Å². The Morgan fingerprint density at radius 2 is 1.56 bits per heavy atom. The number of para-hydroxylation sites is 1. The van der Waals surface area contributed by atoms with E-state index < -0.39 is 17.6 Å². The molecule has 4 rings (SSSR count). The molecule has 8 heteroatoms. The first-order valence-corrected chi connectivity index (χ1v) is 10.1. The number of alkyl halides is 3. The van der Waals surface area contributed by atoms with Gasteiger partial charge in [0.2, 0.25) is 0 Å². The van der Waals surface area contributed by atoms with Crippen LogP contribution in [0.3, 0.4) is 0 Å². The normalized spacial score (nSPS) is 14.2. The first-order chi connectivity index (χ1) is 15.4. The molecule has 1 N–H and O–H groups in total. The van der Waals surface area contributed by atoms with Crippen LogP contribution >= 0.6 is 0 Å². The Bertz CT molecular complexity index is 1060. The maximum Gasteiger partial charge on any atom is 0.418 e. The predicted octanol–water partition coefficient (Wildman–Crippen LogP) is 5.59. The molecule has 0 saturated carbocycles. The van der Waals surface area contributed by atoms with Crippen molar-refractivity contribution in [3.8, 4) is 11.5 Å². The zero-order valence-electron chi connectivity index (χ0n) is 17.1. The van der Waals surface area contributed by atoms with E-state index in [1.54, 1.807) is 30.3 Å². The SMILES string of the molecule is O=C(Nc1ccc(N2CCOCC2)cc1C(F)(F)F)c1ccc(Oc2ccccc2)cc1. The van der Waals surface area contributed by atoms with E-state index in [2.05, 4.69) is 5.32 Å². The van der Waals surface area contributed by atoms with Gasteiger partial charge in [0, 0.05) is 24.3 Å². The molecule has 1 aliphatic heterocycles. The number of morpholine rings is 1. The molecule has 32 heavy (non-hydrogen) atoms. The Morgan fingerprint density at radius 3 is 2.22 bits per heavy atom. The molecule has 0 aromatic heterocycles. The van der Waals surface area contributed by atoms with Crippen LogP contribution in [0.4, 0.5) is 24.5 Å². The number of hydrogen-bond donors (Lipinski definition) is 1. The first-order valence-electron chi connectivity index (χ1n) is 10.1. The van der Waals surface area contributed by atoms with Crippen LogP contribution in [0.25, 0.3) is 0 Å². The van der Waals surface area contributed by atoms with Crippen LogP contribution in [-0.4, -0.2) is 32.2 Å². The van der Waals surface area contributed by atoms with Crippen molar-refractivity contribution in [1.82, 2.24) is 0 Å². The van der Waals surface area contributed by atoms with Crippen molar-refractivity contribution in [2.45, 2.75) is 6.18 Å². The standard InChI is InChI=1S/C24H21F3N2O3/c25-24(26,27)21-16-18(29-12-14-31-15-13-29)8-11-22(21)28-23(30)17-6-9-20(10-7-17)32-19-4-2-1-3-5-19/h1-11,16H,12-15H2,(H,28,30). The summed E-state index contributed by atoms with van der Waals surface area (Å²) in [4.78, 5) is 14.4. The molecule has 3 aromatic carbocycles. The van der Waals surface area contributed by atoms with Crippen LogP contribution in [0.5, 0.6) is 11.5 Å². The Kier molecular flexibility index (Phi) is 6.32. The summed E-state index contributed by atoms with van der Waals surface area (Å²) in [5, 5.41) is 2.39. The van der Waals surface area contributed by atoms with Crippen molar-refractivity contribution in [2.75, 3.05) is 36.5 Å². The third kappa shape index (κ3) is 5.20. The van der Waals surface area contributed by atoms with E-state index in [1.807, 2.05) is 23.1 Å². The fourth-order valence-corrected chi connectivity index (χ4v) is 3.39. The van der Waals surface area contributed by atoms with Gasteiger partial charge >= 0.3 is 6.18 Å². The highest BCUT2D eigenvalue weighted by Gasteiger charge is 2.35. The minimum Gasteiger partial charge on any atom is -0.457 e. The van der Waals surface area contributed by atoms with Gasteiger partial charge < -0.3 is 19.7 Å². The number of benzene rings is 3. The van der Waals surface area contributed by atoms with Crippen LogP contribution in [0.15, 0.2) is 72.8 Å². The summed E-state index contributed by atoms with van der Waals surface area (Å²) in [6.45, 7) is 1.95. The van der Waals surface area contributed by atoms with Crippen molar-refractivity contribution >= 4 is 17.3 Å². The van der Waals surface area contributed by atoms with Gasteiger partial charge in [0.25, 0.3) is 5.91 Å². The summed E-state index contributed by atoms with van der Waals surface area (Å²) in [7, 11) is 0. The highest BCUT2D eigenvalue weighted by atomic mass is 19.4. The smallest absolute Gasteiger partial charge is 0.418 e. The van der Waals surface area contributed by atoms with Gasteiger partial charge in [0.05, 0.1) is 24.5 Å². The van der Waals surface area contributed by atoms with Gasteiger partial charge in [-0.05, 0) is 54.6 Å². The molecule has 0 unspecified atom stereocenters. The molecular weight excluding hydrogens is 421 g/mol. The Morgan fingerprint density at radius 1 is 0.906 bits per heavy atom. The largest absolute Gasteiger partial charge is 0.457 e. The third-order valence-corrected chi connectivity index (χ3v) is 5.03. The Labute approximate surface area is 183 Å². The van der Waals surface area contributed by atoms with Crippen LogP contribution in [0.2, 0.25) is 0 Å². The molecule has 1 heterocycles. The van der Waals surface area contributed by atoms with Crippen LogP contribution in [-0.2, 0) is 10.9 Å². The highest BCUT2D eigenvalue weighted by molar-refractivity contribution is 6.04. The maximum atomic E-state index is 13.7. The van der Waals surface area contributed by atoms with Gasteiger partial charge in [-0.2, -0.15) is 13.2 Å². The predicted molar refractivity (Wildman–Crippen MR) is 115 cm³/mol. The number of ether oxygens (including phenoxy) is 2. The fraction of sp³-hybridized carbons (Fsp3) is 0.208. The molecule has 1 fully saturated rings. The first kappa shape index (κ1) is 21.7. The number of nitrogens with zero attached hydrogens (tertiary/aromatic N) is 1. The van der Waals surface area contributed by atoms with Crippen molar-refractivity contribution < 1.29 is 27.4 Å². The second kappa shape index (κ2) is 9.32. The number of anilines is 2. The lowest BCUT2D eigenvalue weighted by atomic mass is 10.1.